The Morgan fingerprint density at radius 2 is 1.80 bits per heavy atom. The van der Waals surface area contributed by atoms with Crippen LogP contribution in [0.1, 0.15) is 27.9 Å². The van der Waals surface area contributed by atoms with E-state index in [-0.39, 0.29) is 11.6 Å². The number of aromatic nitrogens is 2. The van der Waals surface area contributed by atoms with Crippen LogP contribution in [-0.2, 0) is 0 Å². The third kappa shape index (κ3) is 3.12. The van der Waals surface area contributed by atoms with Crippen LogP contribution in [0.4, 0.5) is 0 Å². The SMILES string of the molecule is O=C(N[C@@H](c1ccccc1)c1cc2ccccc2o1)c1cnccn1. The van der Waals surface area contributed by atoms with E-state index < -0.39 is 6.04 Å². The van der Waals surface area contributed by atoms with Gasteiger partial charge in [0.05, 0.1) is 6.20 Å². The topological polar surface area (TPSA) is 68.0 Å². The number of hydrogen-bond acceptors (Lipinski definition) is 4. The van der Waals surface area contributed by atoms with Crippen LogP contribution in [-0.4, -0.2) is 15.9 Å². The number of benzene rings is 2. The standard InChI is InChI=1S/C20H15N3O2/c24-20(16-13-21-10-11-22-16)23-19(14-6-2-1-3-7-14)18-12-15-8-4-5-9-17(15)25-18/h1-13,19H,(H,23,24)/t19-/m0/s1. The van der Waals surface area contributed by atoms with Crippen LogP contribution in [0.2, 0.25) is 0 Å². The summed E-state index contributed by atoms with van der Waals surface area (Å²) in [4.78, 5) is 20.6. The quantitative estimate of drug-likeness (QED) is 0.619. The van der Waals surface area contributed by atoms with E-state index in [9.17, 15) is 4.79 Å². The lowest BCUT2D eigenvalue weighted by atomic mass is 10.0. The molecule has 5 nitrogen and oxygen atoms in total. The molecule has 0 radical (unpaired) electrons. The molecule has 0 unspecified atom stereocenters. The Hall–Kier alpha value is -3.47. The molecule has 0 aliphatic carbocycles. The van der Waals surface area contributed by atoms with E-state index in [4.69, 9.17) is 4.42 Å². The van der Waals surface area contributed by atoms with Gasteiger partial charge in [0.1, 0.15) is 23.1 Å². The van der Waals surface area contributed by atoms with E-state index in [0.29, 0.717) is 5.76 Å². The van der Waals surface area contributed by atoms with E-state index in [1.54, 1.807) is 0 Å². The first kappa shape index (κ1) is 15.1. The maximum atomic E-state index is 12.6. The number of fused-ring (bicyclic) bond motifs is 1. The molecule has 0 fully saturated rings. The Bertz CT molecular complexity index is 964. The molecule has 25 heavy (non-hydrogen) atoms. The molecule has 2 heterocycles. The van der Waals surface area contributed by atoms with Crippen LogP contribution in [0.3, 0.4) is 0 Å². The Morgan fingerprint density at radius 3 is 2.56 bits per heavy atom. The third-order valence-electron chi connectivity index (χ3n) is 3.93. The highest BCUT2D eigenvalue weighted by molar-refractivity contribution is 5.92. The van der Waals surface area contributed by atoms with E-state index in [1.165, 1.54) is 18.6 Å². The van der Waals surface area contributed by atoms with Gasteiger partial charge in [-0.25, -0.2) is 4.98 Å². The van der Waals surface area contributed by atoms with Gasteiger partial charge in [0.25, 0.3) is 5.91 Å². The Kier molecular flexibility index (Phi) is 3.96. The summed E-state index contributed by atoms with van der Waals surface area (Å²) >= 11 is 0. The van der Waals surface area contributed by atoms with Crippen LogP contribution >= 0.6 is 0 Å². The van der Waals surface area contributed by atoms with E-state index in [0.717, 1.165) is 16.5 Å². The average Bonchev–Trinajstić information content (AvgIpc) is 3.11. The van der Waals surface area contributed by atoms with E-state index >= 15 is 0 Å². The first-order valence-electron chi connectivity index (χ1n) is 7.91. The van der Waals surface area contributed by atoms with Crippen molar-refractivity contribution in [1.82, 2.24) is 15.3 Å². The number of para-hydroxylation sites is 1. The minimum Gasteiger partial charge on any atom is -0.459 e. The van der Waals surface area contributed by atoms with Crippen molar-refractivity contribution in [3.63, 3.8) is 0 Å². The fraction of sp³-hybridized carbons (Fsp3) is 0.0500. The van der Waals surface area contributed by atoms with Crippen LogP contribution in [0, 0.1) is 0 Å². The normalized spacial score (nSPS) is 12.0. The molecule has 0 bridgehead atoms. The molecule has 4 rings (SSSR count). The first-order chi connectivity index (χ1) is 12.3. The molecule has 1 atom stereocenters. The molecule has 0 spiro atoms. The predicted molar refractivity (Wildman–Crippen MR) is 94.0 cm³/mol. The zero-order valence-corrected chi connectivity index (χ0v) is 13.3. The summed E-state index contributed by atoms with van der Waals surface area (Å²) < 4.78 is 5.97. The zero-order valence-electron chi connectivity index (χ0n) is 13.3. The first-order valence-corrected chi connectivity index (χ1v) is 7.91. The molecule has 122 valence electrons. The van der Waals surface area contributed by atoms with Crippen molar-refractivity contribution in [3.8, 4) is 0 Å². The number of carbonyl (C=O) groups excluding carboxylic acids is 1. The Labute approximate surface area is 144 Å². The smallest absolute Gasteiger partial charge is 0.272 e. The predicted octanol–water partition coefficient (Wildman–Crippen LogP) is 3.74. The molecule has 0 aliphatic rings. The largest absolute Gasteiger partial charge is 0.459 e. The van der Waals surface area contributed by atoms with Crippen molar-refractivity contribution < 1.29 is 9.21 Å². The minimum absolute atomic E-state index is 0.263. The molecule has 2 aromatic carbocycles. The summed E-state index contributed by atoms with van der Waals surface area (Å²) in [5, 5.41) is 3.98. The number of nitrogens with one attached hydrogen (secondary N) is 1. The lowest BCUT2D eigenvalue weighted by molar-refractivity contribution is 0.0934. The van der Waals surface area contributed by atoms with Crippen LogP contribution in [0.5, 0.6) is 0 Å². The van der Waals surface area contributed by atoms with Crippen LogP contribution in [0.15, 0.2) is 83.7 Å². The van der Waals surface area contributed by atoms with Gasteiger partial charge < -0.3 is 9.73 Å². The molecular weight excluding hydrogens is 314 g/mol. The maximum Gasteiger partial charge on any atom is 0.272 e. The molecule has 1 amide bonds. The molecule has 4 aromatic rings. The Balaban J connectivity index is 1.73. The minimum atomic E-state index is -0.414. The number of carbonyl (C=O) groups is 1. The van der Waals surface area contributed by atoms with Gasteiger partial charge in [0.2, 0.25) is 0 Å². The fourth-order valence-electron chi connectivity index (χ4n) is 2.73. The maximum absolute atomic E-state index is 12.6. The van der Waals surface area contributed by atoms with Gasteiger partial charge in [-0.3, -0.25) is 9.78 Å². The highest BCUT2D eigenvalue weighted by Gasteiger charge is 2.22. The second kappa shape index (κ2) is 6.57. The van der Waals surface area contributed by atoms with Crippen molar-refractivity contribution in [2.75, 3.05) is 0 Å². The second-order valence-electron chi connectivity index (χ2n) is 5.59. The molecule has 1 N–H and O–H groups in total. The fourth-order valence-corrected chi connectivity index (χ4v) is 2.73. The van der Waals surface area contributed by atoms with Crippen LogP contribution < -0.4 is 5.32 Å². The van der Waals surface area contributed by atoms with Gasteiger partial charge in [0.15, 0.2) is 0 Å². The highest BCUT2D eigenvalue weighted by atomic mass is 16.3. The number of nitrogens with zero attached hydrogens (tertiary/aromatic N) is 2. The van der Waals surface area contributed by atoms with Crippen molar-refractivity contribution in [2.24, 2.45) is 0 Å². The summed E-state index contributed by atoms with van der Waals surface area (Å²) in [6, 6.07) is 19.0. The third-order valence-corrected chi connectivity index (χ3v) is 3.93. The van der Waals surface area contributed by atoms with Gasteiger partial charge in [-0.05, 0) is 17.7 Å². The number of rotatable bonds is 4. The molecule has 0 saturated heterocycles. The average molecular weight is 329 g/mol. The number of hydrogen-bond donors (Lipinski definition) is 1. The van der Waals surface area contributed by atoms with E-state index in [2.05, 4.69) is 15.3 Å². The highest BCUT2D eigenvalue weighted by Crippen LogP contribution is 2.28. The molecular formula is C20H15N3O2. The molecule has 0 saturated carbocycles. The second-order valence-corrected chi connectivity index (χ2v) is 5.59. The zero-order chi connectivity index (χ0) is 17.1. The Morgan fingerprint density at radius 1 is 1.00 bits per heavy atom. The molecule has 5 heteroatoms. The summed E-state index contributed by atoms with van der Waals surface area (Å²) in [6.45, 7) is 0. The van der Waals surface area contributed by atoms with Gasteiger partial charge in [-0.2, -0.15) is 0 Å². The number of amides is 1. The van der Waals surface area contributed by atoms with Gasteiger partial charge in [0, 0.05) is 17.8 Å². The summed E-state index contributed by atoms with van der Waals surface area (Å²) in [5.41, 5.74) is 1.98. The lowest BCUT2D eigenvalue weighted by Gasteiger charge is -2.16. The number of furan rings is 1. The van der Waals surface area contributed by atoms with Gasteiger partial charge >= 0.3 is 0 Å². The lowest BCUT2D eigenvalue weighted by Crippen LogP contribution is -2.29. The monoisotopic (exact) mass is 329 g/mol. The summed E-state index contributed by atoms with van der Waals surface area (Å²) in [5.74, 6) is 0.368. The molecule has 0 aliphatic heterocycles. The van der Waals surface area contributed by atoms with Crippen molar-refractivity contribution in [2.45, 2.75) is 6.04 Å². The van der Waals surface area contributed by atoms with E-state index in [1.807, 2.05) is 60.7 Å². The summed E-state index contributed by atoms with van der Waals surface area (Å²) in [6.07, 6.45) is 4.47. The van der Waals surface area contributed by atoms with Crippen molar-refractivity contribution in [1.29, 1.82) is 0 Å². The van der Waals surface area contributed by atoms with Crippen molar-refractivity contribution in [3.05, 3.63) is 96.3 Å². The van der Waals surface area contributed by atoms with Gasteiger partial charge in [-0.1, -0.05) is 48.5 Å². The van der Waals surface area contributed by atoms with Gasteiger partial charge in [-0.15, -0.1) is 0 Å². The van der Waals surface area contributed by atoms with Crippen molar-refractivity contribution >= 4 is 16.9 Å². The summed E-state index contributed by atoms with van der Waals surface area (Å²) in [7, 11) is 0. The molecule has 2 aromatic heterocycles. The van der Waals surface area contributed by atoms with Crippen LogP contribution in [0.25, 0.3) is 11.0 Å².